The second-order valence-electron chi connectivity index (χ2n) is 6.43. The number of hydrogen-bond donors (Lipinski definition) is 3. The summed E-state index contributed by atoms with van der Waals surface area (Å²) in [6.45, 7) is 2.95. The molecule has 0 spiro atoms. The number of carbonyl (C=O) groups is 5. The Morgan fingerprint density at radius 1 is 1.07 bits per heavy atom. The van der Waals surface area contributed by atoms with Gasteiger partial charge in [-0.3, -0.25) is 15.0 Å². The molecule has 1 atom stereocenters. The average Bonchev–Trinajstić information content (AvgIpc) is 2.94. The van der Waals surface area contributed by atoms with Crippen LogP contribution in [0.1, 0.15) is 41.0 Å². The molecule has 0 saturated carbocycles. The van der Waals surface area contributed by atoms with E-state index < -0.39 is 35.3 Å². The highest BCUT2D eigenvalue weighted by atomic mass is 16.5. The molecule has 1 aromatic carbocycles. The fraction of sp³-hybridized carbons (Fsp3) is 0.389. The maximum absolute atomic E-state index is 12.3. The number of urea groups is 1. The zero-order valence-corrected chi connectivity index (χ0v) is 16.5. The second-order valence-corrected chi connectivity index (χ2v) is 6.43. The molecule has 0 aliphatic carbocycles. The zero-order valence-electron chi connectivity index (χ0n) is 16.5. The van der Waals surface area contributed by atoms with Crippen LogP contribution in [0.4, 0.5) is 10.5 Å². The van der Waals surface area contributed by atoms with E-state index in [1.807, 2.05) is 0 Å². The normalized spacial score (nSPS) is 18.1. The first-order valence-electron chi connectivity index (χ1n) is 8.67. The van der Waals surface area contributed by atoms with Crippen LogP contribution >= 0.6 is 0 Å². The highest BCUT2D eigenvalue weighted by Crippen LogP contribution is 2.19. The molecule has 3 N–H and O–H groups in total. The first-order valence-corrected chi connectivity index (χ1v) is 8.67. The molecular formula is C18H22N4O7. The molecule has 1 heterocycles. The van der Waals surface area contributed by atoms with E-state index in [4.69, 9.17) is 0 Å². The number of rotatable bonds is 7. The predicted molar refractivity (Wildman–Crippen MR) is 99.8 cm³/mol. The molecule has 2 rings (SSSR count). The minimum atomic E-state index is -1.08. The number of anilines is 1. The van der Waals surface area contributed by atoms with Crippen LogP contribution in [0.2, 0.25) is 0 Å². The molecule has 11 nitrogen and oxygen atoms in total. The van der Waals surface area contributed by atoms with Crippen LogP contribution < -0.4 is 16.1 Å². The van der Waals surface area contributed by atoms with Gasteiger partial charge in [0.1, 0.15) is 5.54 Å². The number of hydrazine groups is 1. The summed E-state index contributed by atoms with van der Waals surface area (Å²) in [5.74, 6) is -2.61. The molecule has 0 aromatic heterocycles. The van der Waals surface area contributed by atoms with Gasteiger partial charge in [-0.1, -0.05) is 6.92 Å². The third kappa shape index (κ3) is 4.62. The summed E-state index contributed by atoms with van der Waals surface area (Å²) in [7, 11) is 2.38. The van der Waals surface area contributed by atoms with Gasteiger partial charge in [-0.15, -0.1) is 0 Å². The van der Waals surface area contributed by atoms with Crippen LogP contribution in [0.3, 0.4) is 0 Å². The van der Waals surface area contributed by atoms with Crippen molar-refractivity contribution in [1.82, 2.24) is 15.8 Å². The van der Waals surface area contributed by atoms with Gasteiger partial charge in [0, 0.05) is 5.69 Å². The van der Waals surface area contributed by atoms with E-state index in [0.717, 1.165) is 0 Å². The van der Waals surface area contributed by atoms with Crippen LogP contribution in [-0.2, 0) is 19.1 Å². The van der Waals surface area contributed by atoms with Gasteiger partial charge in [-0.05, 0) is 31.5 Å². The van der Waals surface area contributed by atoms with E-state index in [1.165, 1.54) is 32.4 Å². The van der Waals surface area contributed by atoms with Gasteiger partial charge in [0.15, 0.2) is 0 Å². The monoisotopic (exact) mass is 406 g/mol. The largest absolute Gasteiger partial charge is 0.465 e. The number of carbonyl (C=O) groups excluding carboxylic acids is 5. The minimum Gasteiger partial charge on any atom is -0.465 e. The average molecular weight is 406 g/mol. The Balaban J connectivity index is 2.10. The molecule has 1 aliphatic rings. The van der Waals surface area contributed by atoms with Gasteiger partial charge in [0.25, 0.3) is 11.8 Å². The number of amides is 4. The minimum absolute atomic E-state index is 0.0751. The molecular weight excluding hydrogens is 384 g/mol. The van der Waals surface area contributed by atoms with Crippen LogP contribution in [0, 0.1) is 0 Å². The molecule has 1 saturated heterocycles. The van der Waals surface area contributed by atoms with E-state index in [2.05, 4.69) is 25.5 Å². The highest BCUT2D eigenvalue weighted by Gasteiger charge is 2.47. The van der Waals surface area contributed by atoms with Crippen LogP contribution in [0.25, 0.3) is 0 Å². The van der Waals surface area contributed by atoms with Gasteiger partial charge in [-0.2, -0.15) is 5.01 Å². The first-order chi connectivity index (χ1) is 13.6. The van der Waals surface area contributed by atoms with Gasteiger partial charge < -0.3 is 20.1 Å². The molecule has 4 amide bonds. The quantitative estimate of drug-likeness (QED) is 0.437. The molecule has 0 bridgehead atoms. The molecule has 11 heteroatoms. The van der Waals surface area contributed by atoms with Crippen molar-refractivity contribution in [2.24, 2.45) is 0 Å². The number of hydrogen-bond acceptors (Lipinski definition) is 8. The summed E-state index contributed by atoms with van der Waals surface area (Å²) >= 11 is 0. The van der Waals surface area contributed by atoms with Crippen molar-refractivity contribution in [1.29, 1.82) is 0 Å². The van der Waals surface area contributed by atoms with E-state index in [0.29, 0.717) is 11.4 Å². The van der Waals surface area contributed by atoms with Crippen LogP contribution in [0.5, 0.6) is 0 Å². The fourth-order valence-electron chi connectivity index (χ4n) is 2.57. The lowest BCUT2D eigenvalue weighted by atomic mass is 10.00. The van der Waals surface area contributed by atoms with E-state index in [1.54, 1.807) is 13.8 Å². The van der Waals surface area contributed by atoms with Gasteiger partial charge in [0.05, 0.1) is 31.9 Å². The Morgan fingerprint density at radius 3 is 2.07 bits per heavy atom. The van der Waals surface area contributed by atoms with Gasteiger partial charge in [0.2, 0.25) is 0 Å². The van der Waals surface area contributed by atoms with Crippen molar-refractivity contribution in [3.8, 4) is 0 Å². The van der Waals surface area contributed by atoms with Gasteiger partial charge in [-0.25, -0.2) is 14.4 Å². The van der Waals surface area contributed by atoms with Crippen LogP contribution in [0.15, 0.2) is 18.2 Å². The number of esters is 2. The molecule has 1 unspecified atom stereocenters. The first kappa shape index (κ1) is 21.7. The molecule has 29 heavy (non-hydrogen) atoms. The third-order valence-corrected chi connectivity index (χ3v) is 4.43. The standard InChI is InChI=1S/C18H22N4O7/c1-5-18(2)16(26)22(17(27)20-18)21-13(23)9-19-12-7-10(14(24)28-3)6-11(8-12)15(25)29-4/h6-8,19H,5,9H2,1-4H3,(H,20,27)(H,21,23). The van der Waals surface area contributed by atoms with Crippen molar-refractivity contribution < 1.29 is 33.4 Å². The number of ether oxygens (including phenoxy) is 2. The number of methoxy groups -OCH3 is 2. The molecule has 1 aliphatic heterocycles. The number of nitrogens with one attached hydrogen (secondary N) is 3. The number of benzene rings is 1. The van der Waals surface area contributed by atoms with E-state index in [9.17, 15) is 24.0 Å². The molecule has 1 fully saturated rings. The van der Waals surface area contributed by atoms with Crippen molar-refractivity contribution in [2.45, 2.75) is 25.8 Å². The van der Waals surface area contributed by atoms with Crippen molar-refractivity contribution in [2.75, 3.05) is 26.1 Å². The van der Waals surface area contributed by atoms with Crippen LogP contribution in [-0.4, -0.2) is 61.1 Å². The molecule has 0 radical (unpaired) electrons. The summed E-state index contributed by atoms with van der Waals surface area (Å²) in [4.78, 5) is 60.0. The third-order valence-electron chi connectivity index (χ3n) is 4.43. The Hall–Kier alpha value is -3.63. The maximum Gasteiger partial charge on any atom is 0.344 e. The SMILES string of the molecule is CCC1(C)NC(=O)N(NC(=O)CNc2cc(C(=O)OC)cc(C(=O)OC)c2)C1=O. The van der Waals surface area contributed by atoms with E-state index in [-0.39, 0.29) is 23.4 Å². The maximum atomic E-state index is 12.3. The summed E-state index contributed by atoms with van der Waals surface area (Å²) in [6, 6.07) is 3.33. The Kier molecular flexibility index (Phi) is 6.42. The zero-order chi connectivity index (χ0) is 21.8. The Bertz CT molecular complexity index is 836. The Morgan fingerprint density at radius 2 is 1.62 bits per heavy atom. The lowest BCUT2D eigenvalue weighted by molar-refractivity contribution is -0.138. The van der Waals surface area contributed by atoms with Crippen molar-refractivity contribution in [3.05, 3.63) is 29.3 Å². The molecule has 156 valence electrons. The van der Waals surface area contributed by atoms with E-state index >= 15 is 0 Å². The summed E-state index contributed by atoms with van der Waals surface area (Å²) in [5.41, 5.74) is 1.55. The Labute approximate surface area is 166 Å². The molecule has 1 aromatic rings. The predicted octanol–water partition coefficient (Wildman–Crippen LogP) is 0.423. The summed E-state index contributed by atoms with van der Waals surface area (Å²) in [6.07, 6.45) is 0.360. The summed E-state index contributed by atoms with van der Waals surface area (Å²) in [5, 5.41) is 5.86. The summed E-state index contributed by atoms with van der Waals surface area (Å²) < 4.78 is 9.28. The highest BCUT2D eigenvalue weighted by molar-refractivity contribution is 6.07. The van der Waals surface area contributed by atoms with Crippen molar-refractivity contribution in [3.63, 3.8) is 0 Å². The lowest BCUT2D eigenvalue weighted by Crippen LogP contribution is -2.50. The number of nitrogens with zero attached hydrogens (tertiary/aromatic N) is 1. The van der Waals surface area contributed by atoms with Gasteiger partial charge >= 0.3 is 18.0 Å². The number of imide groups is 1. The topological polar surface area (TPSA) is 143 Å². The van der Waals surface area contributed by atoms with Crippen molar-refractivity contribution >= 4 is 35.5 Å². The fourth-order valence-corrected chi connectivity index (χ4v) is 2.57. The second kappa shape index (κ2) is 8.59. The smallest absolute Gasteiger partial charge is 0.344 e. The lowest BCUT2D eigenvalue weighted by Gasteiger charge is -2.19.